The first kappa shape index (κ1) is 36.3. The second kappa shape index (κ2) is 17.6. The van der Waals surface area contributed by atoms with Crippen LogP contribution < -0.4 is 11.1 Å². The van der Waals surface area contributed by atoms with Crippen molar-refractivity contribution in [2.45, 2.75) is 109 Å². The Balaban J connectivity index is 1.29. The summed E-state index contributed by atoms with van der Waals surface area (Å²) in [5.74, 6) is 0.0477. The van der Waals surface area contributed by atoms with E-state index >= 15 is 0 Å². The lowest BCUT2D eigenvalue weighted by molar-refractivity contribution is -0.144. The van der Waals surface area contributed by atoms with Gasteiger partial charge in [0.05, 0.1) is 12.1 Å². The predicted molar refractivity (Wildman–Crippen MR) is 193 cm³/mol. The molecule has 0 bridgehead atoms. The summed E-state index contributed by atoms with van der Waals surface area (Å²) in [5.41, 5.74) is 8.73. The van der Waals surface area contributed by atoms with Crippen molar-refractivity contribution in [3.05, 3.63) is 70.2 Å². The maximum absolute atomic E-state index is 14.3. The number of aryl methyl sites for hydroxylation is 1. The van der Waals surface area contributed by atoms with Crippen LogP contribution in [-0.2, 0) is 27.3 Å². The van der Waals surface area contributed by atoms with Crippen molar-refractivity contribution in [1.29, 1.82) is 0 Å². The summed E-state index contributed by atoms with van der Waals surface area (Å²) in [4.78, 5) is 39.8. The van der Waals surface area contributed by atoms with Crippen molar-refractivity contribution in [1.82, 2.24) is 20.0 Å². The summed E-state index contributed by atoms with van der Waals surface area (Å²) in [7, 11) is 0. The highest BCUT2D eigenvalue weighted by Gasteiger charge is 2.41. The van der Waals surface area contributed by atoms with Crippen molar-refractivity contribution < 1.29 is 14.3 Å². The van der Waals surface area contributed by atoms with E-state index in [4.69, 9.17) is 27.1 Å². The minimum atomic E-state index is -0.604. The smallest absolute Gasteiger partial charge is 0.288 e. The van der Waals surface area contributed by atoms with Crippen LogP contribution in [0.25, 0.3) is 0 Å². The van der Waals surface area contributed by atoms with E-state index in [0.29, 0.717) is 50.1 Å². The molecule has 2 aromatic carbocycles. The maximum Gasteiger partial charge on any atom is 0.288 e. The molecule has 9 nitrogen and oxygen atoms in total. The van der Waals surface area contributed by atoms with E-state index in [-0.39, 0.29) is 35.9 Å². The zero-order chi connectivity index (χ0) is 34.0. The van der Waals surface area contributed by atoms with Gasteiger partial charge in [-0.2, -0.15) is 0 Å². The van der Waals surface area contributed by atoms with Crippen molar-refractivity contribution >= 4 is 29.3 Å². The molecule has 3 aliphatic heterocycles. The average molecular weight is 679 g/mol. The van der Waals surface area contributed by atoms with Gasteiger partial charge in [0.1, 0.15) is 12.1 Å². The molecule has 0 saturated carbocycles. The molecule has 0 spiro atoms. The number of Topliss-reactive ketones (excluding diaryl/α,β-unsaturated/α-hetero) is 1. The molecule has 0 unspecified atom stereocenters. The van der Waals surface area contributed by atoms with E-state index in [1.807, 2.05) is 41.3 Å². The minimum absolute atomic E-state index is 0.0137. The van der Waals surface area contributed by atoms with Crippen molar-refractivity contribution in [2.75, 3.05) is 39.3 Å². The Morgan fingerprint density at radius 1 is 1.04 bits per heavy atom. The van der Waals surface area contributed by atoms with E-state index in [1.54, 1.807) is 0 Å². The van der Waals surface area contributed by atoms with E-state index in [0.717, 1.165) is 42.5 Å². The number of amides is 1. The third-order valence-corrected chi connectivity index (χ3v) is 10.3. The van der Waals surface area contributed by atoms with Crippen LogP contribution in [0.15, 0.2) is 53.5 Å². The molecule has 0 aliphatic carbocycles. The monoisotopic (exact) mass is 678 g/mol. The zero-order valence-corrected chi connectivity index (χ0v) is 29.8. The quantitative estimate of drug-likeness (QED) is 0.260. The van der Waals surface area contributed by atoms with Crippen LogP contribution in [-0.4, -0.2) is 95.8 Å². The Kier molecular flexibility index (Phi) is 13.3. The molecule has 2 aromatic rings. The molecule has 0 radical (unpaired) electrons. The van der Waals surface area contributed by atoms with Gasteiger partial charge >= 0.3 is 0 Å². The number of likely N-dealkylation sites (tertiary alicyclic amines) is 1. The van der Waals surface area contributed by atoms with Gasteiger partial charge in [-0.1, -0.05) is 80.8 Å². The molecule has 3 N–H and O–H groups in total. The highest BCUT2D eigenvalue weighted by Crippen LogP contribution is 2.31. The molecule has 2 fully saturated rings. The van der Waals surface area contributed by atoms with Gasteiger partial charge in [0.15, 0.2) is 5.78 Å². The molecule has 262 valence electrons. The van der Waals surface area contributed by atoms with E-state index in [2.05, 4.69) is 48.0 Å². The second-order valence-electron chi connectivity index (χ2n) is 14.0. The topological polar surface area (TPSA) is 104 Å². The highest BCUT2D eigenvalue weighted by atomic mass is 35.5. The first-order chi connectivity index (χ1) is 23.2. The number of carbonyl (C=O) groups is 2. The molecule has 3 heterocycles. The maximum atomic E-state index is 14.3. The first-order valence-corrected chi connectivity index (χ1v) is 18.4. The number of rotatable bonds is 14. The summed E-state index contributed by atoms with van der Waals surface area (Å²) in [6, 6.07) is 15.6. The van der Waals surface area contributed by atoms with Gasteiger partial charge in [0, 0.05) is 43.7 Å². The first-order valence-electron chi connectivity index (χ1n) is 18.1. The number of ether oxygens (including phenoxy) is 1. The Bertz CT molecular complexity index is 1380. The summed E-state index contributed by atoms with van der Waals surface area (Å²) in [5, 5.41) is 4.16. The SMILES string of the molecule is CC(C)N[C@H](CCCCN1CCCCC1)C(=O)N1CCN(C2=N[C@@H](C)[C@H](c3ccccc3)O2)C[C@H]1C(=O)CCc1ccc(CN)c(Cl)c1. The lowest BCUT2D eigenvalue weighted by Crippen LogP contribution is -2.62. The third-order valence-electron chi connectivity index (χ3n) is 9.91. The summed E-state index contributed by atoms with van der Waals surface area (Å²) in [6.07, 6.45) is 7.35. The highest BCUT2D eigenvalue weighted by molar-refractivity contribution is 6.31. The van der Waals surface area contributed by atoms with E-state index in [1.165, 1.54) is 32.4 Å². The van der Waals surface area contributed by atoms with Gasteiger partial charge in [-0.25, -0.2) is 4.99 Å². The van der Waals surface area contributed by atoms with Crippen LogP contribution in [0.2, 0.25) is 5.02 Å². The van der Waals surface area contributed by atoms with Gasteiger partial charge in [-0.3, -0.25) is 9.59 Å². The van der Waals surface area contributed by atoms with E-state index < -0.39 is 6.04 Å². The summed E-state index contributed by atoms with van der Waals surface area (Å²) >= 11 is 6.43. The number of hydrogen-bond acceptors (Lipinski definition) is 8. The normalized spacial score (nSPS) is 22.5. The van der Waals surface area contributed by atoms with Crippen LogP contribution in [0.4, 0.5) is 0 Å². The Labute approximate surface area is 292 Å². The molecule has 1 amide bonds. The number of nitrogens with two attached hydrogens (primary N) is 1. The molecular weight excluding hydrogens is 624 g/mol. The fourth-order valence-electron chi connectivity index (χ4n) is 7.22. The Hall–Kier alpha value is -2.98. The molecule has 10 heteroatoms. The number of ketones is 1. The van der Waals surface area contributed by atoms with Crippen LogP contribution in [0.1, 0.15) is 88.5 Å². The minimum Gasteiger partial charge on any atom is -0.455 e. The standard InChI is InChI=1S/C38H55ClN6O3/c1-27(2)41-33(14-8-11-21-43-19-9-5-10-20-43)37(47)45-23-22-44(38-42-28(3)36(48-38)30-12-6-4-7-13-30)26-34(45)35(46)18-16-29-15-17-31(25-40)32(39)24-29/h4,6-7,12-13,15,17,24,27-28,33-34,36,41H,5,8-11,14,16,18-23,25-26,40H2,1-3H3/t28-,33+,34-,36+/m0/s1. The zero-order valence-electron chi connectivity index (χ0n) is 29.1. The molecule has 4 atom stereocenters. The van der Waals surface area contributed by atoms with Crippen molar-refractivity contribution in [3.63, 3.8) is 0 Å². The predicted octanol–water partition coefficient (Wildman–Crippen LogP) is 5.35. The second-order valence-corrected chi connectivity index (χ2v) is 14.4. The molecule has 3 aliphatic rings. The van der Waals surface area contributed by atoms with Crippen LogP contribution in [0.3, 0.4) is 0 Å². The number of nitrogens with zero attached hydrogens (tertiary/aromatic N) is 4. The van der Waals surface area contributed by atoms with Gasteiger partial charge in [0.2, 0.25) is 5.91 Å². The Morgan fingerprint density at radius 3 is 2.52 bits per heavy atom. The van der Waals surface area contributed by atoms with Crippen molar-refractivity contribution in [2.24, 2.45) is 10.7 Å². The van der Waals surface area contributed by atoms with Gasteiger partial charge in [0.25, 0.3) is 6.02 Å². The summed E-state index contributed by atoms with van der Waals surface area (Å²) in [6.45, 7) is 11.4. The third kappa shape index (κ3) is 9.59. The number of piperidine rings is 1. The van der Waals surface area contributed by atoms with Crippen LogP contribution >= 0.6 is 11.6 Å². The van der Waals surface area contributed by atoms with Gasteiger partial charge in [-0.15, -0.1) is 0 Å². The number of carbonyl (C=O) groups excluding carboxylic acids is 2. The number of nitrogens with one attached hydrogen (secondary N) is 1. The molecule has 0 aromatic heterocycles. The lowest BCUT2D eigenvalue weighted by Gasteiger charge is -2.42. The number of benzene rings is 2. The van der Waals surface area contributed by atoms with Crippen molar-refractivity contribution in [3.8, 4) is 0 Å². The molecule has 2 saturated heterocycles. The number of piperazine rings is 1. The van der Waals surface area contributed by atoms with Gasteiger partial charge in [-0.05, 0) is 81.4 Å². The van der Waals surface area contributed by atoms with Crippen LogP contribution in [0.5, 0.6) is 0 Å². The van der Waals surface area contributed by atoms with Crippen LogP contribution in [0, 0.1) is 0 Å². The fraction of sp³-hybridized carbons (Fsp3) is 0.605. The summed E-state index contributed by atoms with van der Waals surface area (Å²) < 4.78 is 6.42. The average Bonchev–Trinajstić information content (AvgIpc) is 3.50. The number of hydrogen-bond donors (Lipinski definition) is 2. The lowest BCUT2D eigenvalue weighted by atomic mass is 9.98. The fourth-order valence-corrected chi connectivity index (χ4v) is 7.50. The molecule has 48 heavy (non-hydrogen) atoms. The Morgan fingerprint density at radius 2 is 1.81 bits per heavy atom. The number of amidine groups is 1. The van der Waals surface area contributed by atoms with E-state index in [9.17, 15) is 9.59 Å². The van der Waals surface area contributed by atoms with Gasteiger partial charge < -0.3 is 30.5 Å². The molecule has 5 rings (SSSR count). The number of unbranched alkanes of at least 4 members (excludes halogenated alkanes) is 1. The molecular formula is C38H55ClN6O3. The number of halogens is 1. The number of aliphatic imine (C=N–C) groups is 1. The largest absolute Gasteiger partial charge is 0.455 e.